The molecule has 0 spiro atoms. The quantitative estimate of drug-likeness (QED) is 0.725. The summed E-state index contributed by atoms with van der Waals surface area (Å²) in [5.74, 6) is -1.60. The second-order valence-electron chi connectivity index (χ2n) is 4.35. The van der Waals surface area contributed by atoms with Gasteiger partial charge in [-0.1, -0.05) is 0 Å². The molecule has 8 heteroatoms. The molecule has 1 rings (SSSR count). The van der Waals surface area contributed by atoms with Crippen LogP contribution in [-0.2, 0) is 9.53 Å². The van der Waals surface area contributed by atoms with E-state index < -0.39 is 23.9 Å². The molecule has 0 radical (unpaired) electrons. The van der Waals surface area contributed by atoms with E-state index in [1.807, 2.05) is 0 Å². The van der Waals surface area contributed by atoms with Crippen LogP contribution in [0, 0.1) is 12.7 Å². The van der Waals surface area contributed by atoms with E-state index in [-0.39, 0.29) is 17.5 Å². The van der Waals surface area contributed by atoms with Gasteiger partial charge in [0.1, 0.15) is 11.9 Å². The average Bonchev–Trinajstić information content (AvgIpc) is 2.40. The number of urea groups is 1. The fourth-order valence-electron chi connectivity index (χ4n) is 1.59. The Bertz CT molecular complexity index is 539. The van der Waals surface area contributed by atoms with Gasteiger partial charge in [0.15, 0.2) is 0 Å². The predicted molar refractivity (Wildman–Crippen MR) is 78.9 cm³/mol. The van der Waals surface area contributed by atoms with Gasteiger partial charge in [-0.15, -0.1) is 0 Å². The molecule has 3 N–H and O–H groups in total. The number of halogens is 2. The molecule has 0 bridgehead atoms. The molecule has 21 heavy (non-hydrogen) atoms. The molecule has 0 aliphatic rings. The van der Waals surface area contributed by atoms with E-state index in [1.54, 1.807) is 6.92 Å². The number of aryl methyl sites for hydroxylation is 1. The zero-order valence-electron chi connectivity index (χ0n) is 11.6. The van der Waals surface area contributed by atoms with Crippen molar-refractivity contribution in [1.82, 2.24) is 5.32 Å². The molecule has 0 saturated carbocycles. The third-order valence-corrected chi connectivity index (χ3v) is 3.34. The number of ether oxygens (including phenoxy) is 1. The van der Waals surface area contributed by atoms with Crippen LogP contribution in [-0.4, -0.2) is 36.9 Å². The first-order valence-electron chi connectivity index (χ1n) is 6.10. The Labute approximate surface area is 129 Å². The van der Waals surface area contributed by atoms with E-state index in [4.69, 9.17) is 9.84 Å². The predicted octanol–water partition coefficient (Wildman–Crippen LogP) is 2.51. The summed E-state index contributed by atoms with van der Waals surface area (Å²) in [6, 6.07) is 0.934. The summed E-state index contributed by atoms with van der Waals surface area (Å²) in [4.78, 5) is 22.8. The van der Waals surface area contributed by atoms with Crippen LogP contribution in [0.15, 0.2) is 16.6 Å². The van der Waals surface area contributed by atoms with Crippen LogP contribution in [0.3, 0.4) is 0 Å². The first kappa shape index (κ1) is 17.4. The Morgan fingerprint density at radius 2 is 2.14 bits per heavy atom. The summed E-state index contributed by atoms with van der Waals surface area (Å²) >= 11 is 3.02. The molecule has 0 fully saturated rings. The zero-order chi connectivity index (χ0) is 16.0. The number of carboxylic acids is 1. The number of rotatable bonds is 6. The van der Waals surface area contributed by atoms with E-state index in [9.17, 15) is 14.0 Å². The first-order chi connectivity index (χ1) is 9.85. The summed E-state index contributed by atoms with van der Waals surface area (Å²) < 4.78 is 18.3. The molecule has 0 saturated heterocycles. The van der Waals surface area contributed by atoms with Crippen LogP contribution in [0.2, 0.25) is 0 Å². The van der Waals surface area contributed by atoms with Gasteiger partial charge in [0.05, 0.1) is 4.47 Å². The highest BCUT2D eigenvalue weighted by Crippen LogP contribution is 2.24. The number of hydrogen-bond acceptors (Lipinski definition) is 3. The highest BCUT2D eigenvalue weighted by atomic mass is 79.9. The lowest BCUT2D eigenvalue weighted by molar-refractivity contribution is -0.139. The van der Waals surface area contributed by atoms with Crippen LogP contribution in [0.4, 0.5) is 14.9 Å². The molecule has 0 aliphatic carbocycles. The lowest BCUT2D eigenvalue weighted by Gasteiger charge is -2.16. The van der Waals surface area contributed by atoms with Gasteiger partial charge in [-0.3, -0.25) is 0 Å². The Kier molecular flexibility index (Phi) is 6.57. The van der Waals surface area contributed by atoms with Crippen LogP contribution in [0.5, 0.6) is 0 Å². The van der Waals surface area contributed by atoms with Crippen molar-refractivity contribution in [2.24, 2.45) is 0 Å². The molecule has 2 amide bonds. The highest BCUT2D eigenvalue weighted by molar-refractivity contribution is 9.10. The SMILES string of the molecule is COCCC(NC(=O)Nc1cc(Br)c(F)cc1C)C(=O)O. The van der Waals surface area contributed by atoms with Crippen molar-refractivity contribution >= 4 is 33.6 Å². The van der Waals surface area contributed by atoms with Gasteiger partial charge in [-0.05, 0) is 40.5 Å². The van der Waals surface area contributed by atoms with Crippen molar-refractivity contribution in [2.45, 2.75) is 19.4 Å². The lowest BCUT2D eigenvalue weighted by atomic mass is 10.2. The first-order valence-corrected chi connectivity index (χ1v) is 6.89. The fraction of sp³-hybridized carbons (Fsp3) is 0.385. The fourth-order valence-corrected chi connectivity index (χ4v) is 1.93. The number of anilines is 1. The molecule has 1 aromatic carbocycles. The summed E-state index contributed by atoms with van der Waals surface area (Å²) in [7, 11) is 1.44. The van der Waals surface area contributed by atoms with Crippen LogP contribution < -0.4 is 10.6 Å². The molecule has 116 valence electrons. The molecule has 1 unspecified atom stereocenters. The van der Waals surface area contributed by atoms with Gasteiger partial charge in [-0.25, -0.2) is 14.0 Å². The van der Waals surface area contributed by atoms with Crippen molar-refractivity contribution in [3.63, 3.8) is 0 Å². The van der Waals surface area contributed by atoms with Gasteiger partial charge in [0.2, 0.25) is 0 Å². The number of methoxy groups -OCH3 is 1. The lowest BCUT2D eigenvalue weighted by Crippen LogP contribution is -2.43. The Morgan fingerprint density at radius 3 is 2.71 bits per heavy atom. The Balaban J connectivity index is 2.72. The average molecular weight is 363 g/mol. The van der Waals surface area contributed by atoms with Gasteiger partial charge in [0.25, 0.3) is 0 Å². The molecule has 0 aliphatic heterocycles. The largest absolute Gasteiger partial charge is 0.480 e. The smallest absolute Gasteiger partial charge is 0.326 e. The number of amides is 2. The standard InChI is InChI=1S/C13H16BrFN2O4/c1-7-5-9(15)8(14)6-11(7)17-13(20)16-10(12(18)19)3-4-21-2/h5-6,10H,3-4H2,1-2H3,(H,18,19)(H2,16,17,20). The number of benzene rings is 1. The highest BCUT2D eigenvalue weighted by Gasteiger charge is 2.20. The third kappa shape index (κ3) is 5.31. The van der Waals surface area contributed by atoms with Gasteiger partial charge < -0.3 is 20.5 Å². The van der Waals surface area contributed by atoms with Crippen molar-refractivity contribution < 1.29 is 23.8 Å². The second-order valence-corrected chi connectivity index (χ2v) is 5.21. The van der Waals surface area contributed by atoms with Crippen LogP contribution >= 0.6 is 15.9 Å². The molecule has 6 nitrogen and oxygen atoms in total. The van der Waals surface area contributed by atoms with Crippen molar-refractivity contribution in [3.05, 3.63) is 28.0 Å². The van der Waals surface area contributed by atoms with Gasteiger partial charge in [0, 0.05) is 25.8 Å². The molecular formula is C13H16BrFN2O4. The third-order valence-electron chi connectivity index (χ3n) is 2.73. The minimum atomic E-state index is -1.15. The topological polar surface area (TPSA) is 87.7 Å². The normalized spacial score (nSPS) is 11.8. The van der Waals surface area contributed by atoms with Crippen LogP contribution in [0.25, 0.3) is 0 Å². The number of carbonyl (C=O) groups is 2. The maximum Gasteiger partial charge on any atom is 0.326 e. The maximum absolute atomic E-state index is 13.3. The molecule has 0 heterocycles. The Hall–Kier alpha value is -1.67. The minimum absolute atomic E-state index is 0.144. The van der Waals surface area contributed by atoms with Gasteiger partial charge in [-0.2, -0.15) is 0 Å². The number of carboxylic acid groups (broad SMARTS) is 1. The van der Waals surface area contributed by atoms with E-state index in [1.165, 1.54) is 19.2 Å². The molecular weight excluding hydrogens is 347 g/mol. The molecule has 1 atom stereocenters. The summed E-state index contributed by atoms with van der Waals surface area (Å²) in [5, 5.41) is 13.8. The molecule has 0 aromatic heterocycles. The summed E-state index contributed by atoms with van der Waals surface area (Å²) in [6.45, 7) is 1.84. The van der Waals surface area contributed by atoms with Crippen molar-refractivity contribution in [2.75, 3.05) is 19.0 Å². The maximum atomic E-state index is 13.3. The number of hydrogen-bond donors (Lipinski definition) is 3. The minimum Gasteiger partial charge on any atom is -0.480 e. The summed E-state index contributed by atoms with van der Waals surface area (Å²) in [5.41, 5.74) is 0.909. The monoisotopic (exact) mass is 362 g/mol. The van der Waals surface area contributed by atoms with E-state index in [0.717, 1.165) is 0 Å². The van der Waals surface area contributed by atoms with Crippen LogP contribution in [0.1, 0.15) is 12.0 Å². The Morgan fingerprint density at radius 1 is 1.48 bits per heavy atom. The van der Waals surface area contributed by atoms with Crippen molar-refractivity contribution in [1.29, 1.82) is 0 Å². The molecule has 1 aromatic rings. The zero-order valence-corrected chi connectivity index (χ0v) is 13.2. The van der Waals surface area contributed by atoms with Crippen molar-refractivity contribution in [3.8, 4) is 0 Å². The number of carbonyl (C=O) groups excluding carboxylic acids is 1. The number of aliphatic carboxylic acids is 1. The van der Waals surface area contributed by atoms with Gasteiger partial charge >= 0.3 is 12.0 Å². The number of nitrogens with one attached hydrogen (secondary N) is 2. The summed E-state index contributed by atoms with van der Waals surface area (Å²) in [6.07, 6.45) is 0.144. The second kappa shape index (κ2) is 7.94. The van der Waals surface area contributed by atoms with E-state index in [2.05, 4.69) is 26.6 Å². The van der Waals surface area contributed by atoms with E-state index >= 15 is 0 Å². The van der Waals surface area contributed by atoms with E-state index in [0.29, 0.717) is 11.3 Å².